The maximum Gasteiger partial charge on any atom is 0.147 e. The molecule has 0 saturated heterocycles. The average Bonchev–Trinajstić information content (AvgIpc) is 3.52. The molecule has 7 rings (SSSR count). The van der Waals surface area contributed by atoms with Crippen molar-refractivity contribution in [3.05, 3.63) is 148 Å². The van der Waals surface area contributed by atoms with Gasteiger partial charge in [0.05, 0.1) is 33.5 Å². The normalized spacial score (nSPS) is 12.8. The molecule has 0 amide bonds. The van der Waals surface area contributed by atoms with Gasteiger partial charge in [-0.3, -0.25) is 4.90 Å². The lowest BCUT2D eigenvalue weighted by atomic mass is 9.82. The molecule has 0 spiro atoms. The van der Waals surface area contributed by atoms with Crippen LogP contribution in [0, 0.1) is 19.7 Å². The molecule has 7 heteroatoms. The Bertz CT molecular complexity index is 1750. The van der Waals surface area contributed by atoms with Gasteiger partial charge in [-0.25, -0.2) is 13.8 Å². The van der Waals surface area contributed by atoms with Crippen LogP contribution in [0.25, 0.3) is 11.4 Å². The third-order valence-corrected chi connectivity index (χ3v) is 7.75. The lowest BCUT2D eigenvalue weighted by molar-refractivity contribution is 0.628. The molecule has 0 fully saturated rings. The molecular weight excluding hydrogens is 521 g/mol. The van der Waals surface area contributed by atoms with Gasteiger partial charge >= 0.3 is 0 Å². The van der Waals surface area contributed by atoms with Crippen molar-refractivity contribution in [1.29, 1.82) is 0 Å². The van der Waals surface area contributed by atoms with Crippen molar-refractivity contribution in [3.63, 3.8) is 0 Å². The summed E-state index contributed by atoms with van der Waals surface area (Å²) in [7, 11) is 0. The molecule has 0 radical (unpaired) electrons. The van der Waals surface area contributed by atoms with E-state index in [0.29, 0.717) is 0 Å². The SMILES string of the molecule is Cc1nn(-c2ccccc2)c2c1C(c1ccccc1)c1c(C)nn(-c3ccccc3)c1N2c1ccc(F)c(Cl)c1. The molecule has 0 bridgehead atoms. The van der Waals surface area contributed by atoms with Crippen LogP contribution >= 0.6 is 11.6 Å². The van der Waals surface area contributed by atoms with E-state index in [2.05, 4.69) is 29.2 Å². The average molecular weight is 546 g/mol. The summed E-state index contributed by atoms with van der Waals surface area (Å²) in [5, 5.41) is 10.2. The number of hydrogen-bond acceptors (Lipinski definition) is 3. The number of anilines is 3. The molecule has 0 saturated carbocycles. The fourth-order valence-corrected chi connectivity index (χ4v) is 5.93. The smallest absolute Gasteiger partial charge is 0.147 e. The molecule has 0 aliphatic carbocycles. The first kappa shape index (κ1) is 24.4. The van der Waals surface area contributed by atoms with Gasteiger partial charge in [-0.15, -0.1) is 0 Å². The largest absolute Gasteiger partial charge is 0.278 e. The fraction of sp³-hybridized carbons (Fsp3) is 0.0909. The highest BCUT2D eigenvalue weighted by atomic mass is 35.5. The Morgan fingerprint density at radius 1 is 0.625 bits per heavy atom. The summed E-state index contributed by atoms with van der Waals surface area (Å²) in [5.41, 5.74) is 7.65. The predicted molar refractivity (Wildman–Crippen MR) is 157 cm³/mol. The maximum absolute atomic E-state index is 14.5. The van der Waals surface area contributed by atoms with E-state index >= 15 is 0 Å². The third kappa shape index (κ3) is 3.75. The quantitative estimate of drug-likeness (QED) is 0.223. The zero-order chi connectivity index (χ0) is 27.4. The Morgan fingerprint density at radius 3 is 1.57 bits per heavy atom. The van der Waals surface area contributed by atoms with Crippen LogP contribution in [0.1, 0.15) is 34.0 Å². The first-order valence-electron chi connectivity index (χ1n) is 13.1. The van der Waals surface area contributed by atoms with Gasteiger partial charge in [0.1, 0.15) is 17.5 Å². The van der Waals surface area contributed by atoms with E-state index in [1.54, 1.807) is 12.1 Å². The van der Waals surface area contributed by atoms with Crippen molar-refractivity contribution in [3.8, 4) is 11.4 Å². The van der Waals surface area contributed by atoms with Crippen LogP contribution in [0.4, 0.5) is 21.7 Å². The molecule has 5 nitrogen and oxygen atoms in total. The van der Waals surface area contributed by atoms with Crippen molar-refractivity contribution in [1.82, 2.24) is 19.6 Å². The van der Waals surface area contributed by atoms with Gasteiger partial charge in [0, 0.05) is 17.0 Å². The van der Waals surface area contributed by atoms with E-state index in [1.165, 1.54) is 6.07 Å². The molecule has 196 valence electrons. The molecule has 0 N–H and O–H groups in total. The first-order valence-corrected chi connectivity index (χ1v) is 13.5. The second-order valence-electron chi connectivity index (χ2n) is 9.92. The summed E-state index contributed by atoms with van der Waals surface area (Å²) >= 11 is 6.39. The standard InChI is InChI=1S/C33H25ClFN5/c1-21-29-31(23-12-6-3-7-13-23)30-22(2)37-40(25-16-10-5-11-17-25)33(30)38(26-18-19-28(35)27(34)20-26)32(29)39(36-21)24-14-8-4-9-15-24/h3-20,31H,1-2H3. The zero-order valence-corrected chi connectivity index (χ0v) is 22.7. The highest BCUT2D eigenvalue weighted by Gasteiger charge is 2.42. The minimum absolute atomic E-state index is 0.0516. The van der Waals surface area contributed by atoms with Crippen molar-refractivity contribution < 1.29 is 4.39 Å². The molecule has 1 aliphatic heterocycles. The molecule has 3 heterocycles. The van der Waals surface area contributed by atoms with Gasteiger partial charge in [-0.2, -0.15) is 10.2 Å². The van der Waals surface area contributed by atoms with E-state index in [9.17, 15) is 4.39 Å². The van der Waals surface area contributed by atoms with Crippen molar-refractivity contribution in [2.45, 2.75) is 19.8 Å². The number of rotatable bonds is 4. The molecule has 1 aliphatic rings. The Hall–Kier alpha value is -4.68. The minimum atomic E-state index is -0.467. The Labute approximate surface area is 236 Å². The van der Waals surface area contributed by atoms with Crippen LogP contribution < -0.4 is 4.90 Å². The lowest BCUT2D eigenvalue weighted by Gasteiger charge is -2.35. The van der Waals surface area contributed by atoms with E-state index in [0.717, 1.165) is 56.8 Å². The van der Waals surface area contributed by atoms with E-state index < -0.39 is 5.82 Å². The second-order valence-corrected chi connectivity index (χ2v) is 10.3. The highest BCUT2D eigenvalue weighted by Crippen LogP contribution is 2.54. The van der Waals surface area contributed by atoms with E-state index in [1.807, 2.05) is 89.9 Å². The van der Waals surface area contributed by atoms with Gasteiger partial charge in [0.25, 0.3) is 0 Å². The van der Waals surface area contributed by atoms with Crippen LogP contribution in [0.3, 0.4) is 0 Å². The van der Waals surface area contributed by atoms with Crippen LogP contribution in [-0.2, 0) is 0 Å². The maximum atomic E-state index is 14.5. The van der Waals surface area contributed by atoms with Gasteiger partial charge in [-0.1, -0.05) is 78.3 Å². The highest BCUT2D eigenvalue weighted by molar-refractivity contribution is 6.31. The van der Waals surface area contributed by atoms with Crippen LogP contribution in [0.15, 0.2) is 109 Å². The third-order valence-electron chi connectivity index (χ3n) is 7.46. The summed E-state index contributed by atoms with van der Waals surface area (Å²) in [5.74, 6) is 1.15. The summed E-state index contributed by atoms with van der Waals surface area (Å²) in [6.45, 7) is 4.10. The summed E-state index contributed by atoms with van der Waals surface area (Å²) in [6.07, 6.45) is 0. The van der Waals surface area contributed by atoms with Crippen molar-refractivity contribution >= 4 is 28.9 Å². The van der Waals surface area contributed by atoms with E-state index in [-0.39, 0.29) is 10.9 Å². The molecule has 0 atom stereocenters. The number of benzene rings is 4. The van der Waals surface area contributed by atoms with Gasteiger partial charge in [0.15, 0.2) is 0 Å². The summed E-state index contributed by atoms with van der Waals surface area (Å²) in [6, 6.07) is 35.4. The Morgan fingerprint density at radius 2 is 1.10 bits per heavy atom. The molecule has 2 aromatic heterocycles. The monoisotopic (exact) mass is 545 g/mol. The van der Waals surface area contributed by atoms with Gasteiger partial charge in [-0.05, 0) is 61.9 Å². The topological polar surface area (TPSA) is 38.9 Å². The number of aryl methyl sites for hydroxylation is 2. The first-order chi connectivity index (χ1) is 19.5. The minimum Gasteiger partial charge on any atom is -0.278 e. The van der Waals surface area contributed by atoms with Gasteiger partial charge < -0.3 is 0 Å². The van der Waals surface area contributed by atoms with Crippen LogP contribution in [0.2, 0.25) is 5.02 Å². The Balaban J connectivity index is 1.63. The number of halogens is 2. The van der Waals surface area contributed by atoms with Crippen LogP contribution in [0.5, 0.6) is 0 Å². The summed E-state index contributed by atoms with van der Waals surface area (Å²) < 4.78 is 18.4. The predicted octanol–water partition coefficient (Wildman–Crippen LogP) is 8.43. The number of hydrogen-bond donors (Lipinski definition) is 0. The fourth-order valence-electron chi connectivity index (χ4n) is 5.75. The molecule has 6 aromatic rings. The van der Waals surface area contributed by atoms with Crippen molar-refractivity contribution in [2.24, 2.45) is 0 Å². The number of fused-ring (bicyclic) bond motifs is 2. The number of aromatic nitrogens is 4. The molecule has 40 heavy (non-hydrogen) atoms. The lowest BCUT2D eigenvalue weighted by Crippen LogP contribution is -2.26. The van der Waals surface area contributed by atoms with Gasteiger partial charge in [0.2, 0.25) is 0 Å². The number of nitrogens with zero attached hydrogens (tertiary/aromatic N) is 5. The molecule has 0 unspecified atom stereocenters. The summed E-state index contributed by atoms with van der Waals surface area (Å²) in [4.78, 5) is 2.12. The molecular formula is C33H25ClFN5. The second kappa shape index (κ2) is 9.50. The van der Waals surface area contributed by atoms with Crippen LogP contribution in [-0.4, -0.2) is 19.6 Å². The number of para-hydroxylation sites is 2. The molecule has 4 aromatic carbocycles. The zero-order valence-electron chi connectivity index (χ0n) is 22.0. The Kier molecular flexibility index (Phi) is 5.79. The van der Waals surface area contributed by atoms with E-state index in [4.69, 9.17) is 21.8 Å². The van der Waals surface area contributed by atoms with Crippen molar-refractivity contribution in [2.75, 3.05) is 4.90 Å².